The summed E-state index contributed by atoms with van der Waals surface area (Å²) >= 11 is 0. The SMILES string of the molecule is CC(C)(C)OC(=O)NC1CCC(NC(=O)[C@@H]2C[C@@H](S(=O)(=O)O)CN2C(=O)OCc2ccccc2)CC1. The number of hydrogen-bond acceptors (Lipinski definition) is 7. The molecule has 0 unspecified atom stereocenters. The highest BCUT2D eigenvalue weighted by molar-refractivity contribution is 7.86. The molecule has 3 N–H and O–H groups in total. The molecular weight excluding hydrogens is 490 g/mol. The zero-order chi connectivity index (χ0) is 26.5. The molecular formula is C24H35N3O8S. The number of carbonyl (C=O) groups is 3. The Morgan fingerprint density at radius 3 is 2.17 bits per heavy atom. The molecule has 0 aromatic heterocycles. The Bertz CT molecular complexity index is 1030. The monoisotopic (exact) mass is 525 g/mol. The molecule has 1 aromatic carbocycles. The number of likely N-dealkylation sites (tertiary alicyclic amines) is 1. The minimum Gasteiger partial charge on any atom is -0.445 e. The molecule has 1 saturated heterocycles. The van der Waals surface area contributed by atoms with Gasteiger partial charge >= 0.3 is 12.2 Å². The molecule has 2 aliphatic rings. The van der Waals surface area contributed by atoms with Gasteiger partial charge in [-0.05, 0) is 58.4 Å². The van der Waals surface area contributed by atoms with E-state index in [1.165, 1.54) is 0 Å². The Balaban J connectivity index is 1.55. The molecule has 1 saturated carbocycles. The van der Waals surface area contributed by atoms with Gasteiger partial charge in [0, 0.05) is 18.6 Å². The molecule has 2 atom stereocenters. The van der Waals surface area contributed by atoms with Crippen molar-refractivity contribution in [3.63, 3.8) is 0 Å². The van der Waals surface area contributed by atoms with Gasteiger partial charge in [0.25, 0.3) is 10.1 Å². The van der Waals surface area contributed by atoms with E-state index >= 15 is 0 Å². The highest BCUT2D eigenvalue weighted by Gasteiger charge is 2.45. The molecule has 1 aliphatic carbocycles. The van der Waals surface area contributed by atoms with Crippen LogP contribution in [0.2, 0.25) is 0 Å². The summed E-state index contributed by atoms with van der Waals surface area (Å²) in [6, 6.07) is 7.60. The van der Waals surface area contributed by atoms with E-state index in [-0.39, 0.29) is 31.7 Å². The maximum absolute atomic E-state index is 13.1. The lowest BCUT2D eigenvalue weighted by Gasteiger charge is -2.32. The lowest BCUT2D eigenvalue weighted by Crippen LogP contribution is -2.51. The third kappa shape index (κ3) is 8.09. The van der Waals surface area contributed by atoms with Crippen molar-refractivity contribution >= 4 is 28.2 Å². The minimum absolute atomic E-state index is 0.0320. The Morgan fingerprint density at radius 2 is 1.61 bits per heavy atom. The summed E-state index contributed by atoms with van der Waals surface area (Å²) in [5.74, 6) is -0.499. The van der Waals surface area contributed by atoms with E-state index in [0.717, 1.165) is 10.5 Å². The van der Waals surface area contributed by atoms with Crippen LogP contribution in [0.4, 0.5) is 9.59 Å². The van der Waals surface area contributed by atoms with Gasteiger partial charge in [0.15, 0.2) is 0 Å². The maximum Gasteiger partial charge on any atom is 0.410 e. The molecule has 3 amide bonds. The van der Waals surface area contributed by atoms with E-state index in [9.17, 15) is 27.4 Å². The van der Waals surface area contributed by atoms with Crippen molar-refractivity contribution in [2.24, 2.45) is 0 Å². The summed E-state index contributed by atoms with van der Waals surface area (Å²) in [6.07, 6.45) is 0.924. The first kappa shape index (κ1) is 27.7. The van der Waals surface area contributed by atoms with E-state index in [4.69, 9.17) is 9.47 Å². The number of alkyl carbamates (subject to hydrolysis) is 1. The summed E-state index contributed by atoms with van der Waals surface area (Å²) in [5, 5.41) is 4.46. The number of nitrogens with zero attached hydrogens (tertiary/aromatic N) is 1. The summed E-state index contributed by atoms with van der Waals surface area (Å²) in [7, 11) is -4.45. The van der Waals surface area contributed by atoms with Crippen LogP contribution in [0.1, 0.15) is 58.4 Å². The first-order valence-corrected chi connectivity index (χ1v) is 13.6. The topological polar surface area (TPSA) is 151 Å². The average molecular weight is 526 g/mol. The standard InChI is InChI=1S/C24H35N3O8S/c1-24(2,3)35-22(29)26-18-11-9-17(10-12-18)25-21(28)20-13-19(36(31,32)33)14-27(20)23(30)34-15-16-7-5-4-6-8-16/h4-8,17-20H,9-15H2,1-3H3,(H,25,28)(H,26,29)(H,31,32,33)/t17?,18?,19-,20+/m1/s1. The van der Waals surface area contributed by atoms with E-state index in [1.807, 2.05) is 6.07 Å². The third-order valence-electron chi connectivity index (χ3n) is 6.22. The molecule has 2 fully saturated rings. The molecule has 200 valence electrons. The van der Waals surface area contributed by atoms with Crippen LogP contribution in [0.5, 0.6) is 0 Å². The van der Waals surface area contributed by atoms with E-state index in [1.54, 1.807) is 45.0 Å². The Morgan fingerprint density at radius 1 is 1.03 bits per heavy atom. The fourth-order valence-corrected chi connectivity index (χ4v) is 5.19. The molecule has 36 heavy (non-hydrogen) atoms. The number of hydrogen-bond donors (Lipinski definition) is 3. The van der Waals surface area contributed by atoms with Gasteiger partial charge in [-0.3, -0.25) is 14.2 Å². The van der Waals surface area contributed by atoms with Crippen LogP contribution in [0.25, 0.3) is 0 Å². The van der Waals surface area contributed by atoms with Gasteiger partial charge in [-0.15, -0.1) is 0 Å². The van der Waals surface area contributed by atoms with Crippen molar-refractivity contribution in [2.75, 3.05) is 6.54 Å². The smallest absolute Gasteiger partial charge is 0.410 e. The second-order valence-corrected chi connectivity index (χ2v) is 12.0. The highest BCUT2D eigenvalue weighted by Crippen LogP contribution is 2.26. The summed E-state index contributed by atoms with van der Waals surface area (Å²) < 4.78 is 43.6. The van der Waals surface area contributed by atoms with Crippen molar-refractivity contribution in [3.8, 4) is 0 Å². The summed E-state index contributed by atoms with van der Waals surface area (Å²) in [5.41, 5.74) is 0.152. The largest absolute Gasteiger partial charge is 0.445 e. The number of ether oxygens (including phenoxy) is 2. The van der Waals surface area contributed by atoms with Crippen LogP contribution in [-0.4, -0.2) is 71.5 Å². The molecule has 3 rings (SSSR count). The summed E-state index contributed by atoms with van der Waals surface area (Å²) in [4.78, 5) is 38.9. The van der Waals surface area contributed by atoms with E-state index in [2.05, 4.69) is 10.6 Å². The molecule has 1 heterocycles. The zero-order valence-electron chi connectivity index (χ0n) is 20.8. The van der Waals surface area contributed by atoms with Crippen LogP contribution in [-0.2, 0) is 31.0 Å². The number of amides is 3. The van der Waals surface area contributed by atoms with Crippen molar-refractivity contribution in [1.29, 1.82) is 0 Å². The molecule has 0 radical (unpaired) electrons. The van der Waals surface area contributed by atoms with Crippen LogP contribution in [0.3, 0.4) is 0 Å². The first-order valence-electron chi connectivity index (χ1n) is 12.1. The van der Waals surface area contributed by atoms with Gasteiger partial charge in [0.05, 0.1) is 0 Å². The molecule has 0 spiro atoms. The Kier molecular flexibility index (Phi) is 8.83. The molecule has 1 aliphatic heterocycles. The van der Waals surface area contributed by atoms with Crippen molar-refractivity contribution in [2.45, 2.75) is 88.5 Å². The Labute approximate surface area is 211 Å². The fourth-order valence-electron chi connectivity index (χ4n) is 4.42. The molecule has 0 bridgehead atoms. The van der Waals surface area contributed by atoms with E-state index in [0.29, 0.717) is 25.7 Å². The number of rotatable bonds is 6. The van der Waals surface area contributed by atoms with Gasteiger partial charge in [0.1, 0.15) is 23.5 Å². The predicted octanol–water partition coefficient (Wildman–Crippen LogP) is 2.61. The number of carbonyl (C=O) groups excluding carboxylic acids is 3. The van der Waals surface area contributed by atoms with Crippen molar-refractivity contribution < 1.29 is 36.8 Å². The quantitative estimate of drug-likeness (QED) is 0.480. The first-order chi connectivity index (χ1) is 16.8. The van der Waals surface area contributed by atoms with Gasteiger partial charge in [-0.1, -0.05) is 30.3 Å². The zero-order valence-corrected chi connectivity index (χ0v) is 21.6. The fraction of sp³-hybridized carbons (Fsp3) is 0.625. The molecule has 1 aromatic rings. The second kappa shape index (κ2) is 11.5. The molecule has 11 nitrogen and oxygen atoms in total. The maximum atomic E-state index is 13.1. The van der Waals surface area contributed by atoms with Crippen molar-refractivity contribution in [3.05, 3.63) is 35.9 Å². The van der Waals surface area contributed by atoms with Crippen molar-refractivity contribution in [1.82, 2.24) is 15.5 Å². The molecule has 12 heteroatoms. The number of nitrogens with one attached hydrogen (secondary N) is 2. The normalized spacial score (nSPS) is 24.6. The van der Waals surface area contributed by atoms with E-state index < -0.39 is 45.1 Å². The van der Waals surface area contributed by atoms with Crippen LogP contribution >= 0.6 is 0 Å². The third-order valence-corrected chi connectivity index (χ3v) is 7.40. The number of benzene rings is 1. The van der Waals surface area contributed by atoms with Gasteiger partial charge < -0.3 is 20.1 Å². The van der Waals surface area contributed by atoms with Crippen LogP contribution < -0.4 is 10.6 Å². The van der Waals surface area contributed by atoms with Crippen LogP contribution in [0.15, 0.2) is 30.3 Å². The average Bonchev–Trinajstić information content (AvgIpc) is 3.25. The predicted molar refractivity (Wildman–Crippen MR) is 131 cm³/mol. The van der Waals surface area contributed by atoms with Gasteiger partial charge in [-0.2, -0.15) is 8.42 Å². The lowest BCUT2D eigenvalue weighted by atomic mass is 9.91. The van der Waals surface area contributed by atoms with Gasteiger partial charge in [0.2, 0.25) is 5.91 Å². The summed E-state index contributed by atoms with van der Waals surface area (Å²) in [6.45, 7) is 4.99. The van der Waals surface area contributed by atoms with Crippen LogP contribution in [0, 0.1) is 0 Å². The highest BCUT2D eigenvalue weighted by atomic mass is 32.2. The second-order valence-electron chi connectivity index (χ2n) is 10.3. The van der Waals surface area contributed by atoms with Gasteiger partial charge in [-0.25, -0.2) is 9.59 Å². The Hall–Kier alpha value is -2.86. The minimum atomic E-state index is -4.45. The lowest BCUT2D eigenvalue weighted by molar-refractivity contribution is -0.126.